The quantitative estimate of drug-likeness (QED) is 0.647. The van der Waals surface area contributed by atoms with Crippen LogP contribution in [-0.2, 0) is 35.7 Å². The van der Waals surface area contributed by atoms with Crippen molar-refractivity contribution in [1.82, 2.24) is 4.90 Å². The van der Waals surface area contributed by atoms with Gasteiger partial charge in [-0.15, -0.1) is 0 Å². The van der Waals surface area contributed by atoms with E-state index < -0.39 is 34.0 Å². The topological polar surface area (TPSA) is 80.6 Å². The molecule has 1 aliphatic heterocycles. The minimum absolute atomic E-state index is 0. The van der Waals surface area contributed by atoms with E-state index in [0.29, 0.717) is 0 Å². The summed E-state index contributed by atoms with van der Waals surface area (Å²) in [4.78, 5) is 13.7. The van der Waals surface area contributed by atoms with E-state index in [4.69, 9.17) is 0 Å². The van der Waals surface area contributed by atoms with Crippen molar-refractivity contribution in [2.75, 3.05) is 25.0 Å². The molecule has 1 saturated heterocycles. The minimum Gasteiger partial charge on any atom is -0.423 e. The largest absolute Gasteiger partial charge is 1.00 e. The zero-order valence-electron chi connectivity index (χ0n) is 17.6. The Bertz CT molecular complexity index is 913. The van der Waals surface area contributed by atoms with E-state index >= 15 is 0 Å². The molecule has 31 heavy (non-hydrogen) atoms. The fourth-order valence-electron chi connectivity index (χ4n) is 4.91. The molecule has 1 aromatic rings. The van der Waals surface area contributed by atoms with Crippen LogP contribution in [0.15, 0.2) is 6.07 Å². The Balaban J connectivity index is 0.00000272. The summed E-state index contributed by atoms with van der Waals surface area (Å²) in [7, 11) is -4.09. The third-order valence-corrected chi connectivity index (χ3v) is 8.01. The van der Waals surface area contributed by atoms with Crippen molar-refractivity contribution in [3.05, 3.63) is 33.0 Å². The van der Waals surface area contributed by atoms with Gasteiger partial charge in [0.2, 0.25) is 0 Å². The molecular weight excluding hydrogens is 458 g/mol. The van der Waals surface area contributed by atoms with E-state index in [2.05, 4.69) is 16.1 Å². The monoisotopic (exact) mass is 483 g/mol. The summed E-state index contributed by atoms with van der Waals surface area (Å²) in [5, 5.41) is 1.80. The van der Waals surface area contributed by atoms with Crippen LogP contribution in [-0.4, -0.2) is 50.4 Å². The molecule has 0 atom stereocenters. The van der Waals surface area contributed by atoms with Gasteiger partial charge in [-0.25, -0.2) is 8.42 Å². The molecule has 0 aromatic heterocycles. The van der Waals surface area contributed by atoms with Crippen molar-refractivity contribution >= 4 is 21.7 Å². The number of nitrogens with one attached hydrogen (secondary N) is 1. The van der Waals surface area contributed by atoms with Crippen molar-refractivity contribution < 1.29 is 77.8 Å². The summed E-state index contributed by atoms with van der Waals surface area (Å²) in [6, 6.07) is 1.30. The molecule has 4 rings (SSSR count). The number of likely N-dealkylation sites (tertiary alicyclic amines) is 1. The van der Waals surface area contributed by atoms with E-state index in [1.807, 2.05) is 0 Å². The van der Waals surface area contributed by atoms with Gasteiger partial charge in [0.15, 0.2) is 16.1 Å². The van der Waals surface area contributed by atoms with Crippen LogP contribution >= 0.6 is 0 Å². The summed E-state index contributed by atoms with van der Waals surface area (Å²) in [6.45, 7) is -1.03. The number of urea groups is 1. The third-order valence-electron chi connectivity index (χ3n) is 6.27. The number of carbonyl (C=O) groups is 1. The first-order valence-electron chi connectivity index (χ1n) is 10.4. The smallest absolute Gasteiger partial charge is 0.423 e. The maximum atomic E-state index is 12.6. The van der Waals surface area contributed by atoms with Crippen LogP contribution in [0.2, 0.25) is 0 Å². The average molecular weight is 484 g/mol. The second kappa shape index (κ2) is 9.98. The van der Waals surface area contributed by atoms with Gasteiger partial charge >= 0.3 is 57.6 Å². The standard InChI is InChI=1S/C20H26F3N3O3S.K/c21-20(22,23)12-26-9-7-15(8-10-26)30(28,29)25-19(27)24-18-16-5-1-3-13(16)11-14-4-2-6-17(14)18;/h11,15H,1-10,12H2,(H2,24,25,27);/q;+1/p-1. The maximum absolute atomic E-state index is 12.6. The van der Waals surface area contributed by atoms with Crippen LogP contribution in [0.4, 0.5) is 23.7 Å². The zero-order chi connectivity index (χ0) is 21.5. The van der Waals surface area contributed by atoms with Crippen molar-refractivity contribution in [1.29, 1.82) is 0 Å². The number of piperidine rings is 1. The van der Waals surface area contributed by atoms with Crippen molar-refractivity contribution in [3.63, 3.8) is 0 Å². The number of amides is 2. The second-order valence-electron chi connectivity index (χ2n) is 8.36. The van der Waals surface area contributed by atoms with Gasteiger partial charge in [-0.05, 0) is 92.4 Å². The first-order valence-corrected chi connectivity index (χ1v) is 11.9. The van der Waals surface area contributed by atoms with Crippen LogP contribution in [0.1, 0.15) is 47.9 Å². The van der Waals surface area contributed by atoms with E-state index in [0.717, 1.165) is 55.3 Å². The summed E-state index contributed by atoms with van der Waals surface area (Å²) >= 11 is 0. The summed E-state index contributed by atoms with van der Waals surface area (Å²) in [6.07, 6.45) is 1.38. The molecule has 3 aliphatic rings. The van der Waals surface area contributed by atoms with Gasteiger partial charge in [0.1, 0.15) is 0 Å². The van der Waals surface area contributed by atoms with E-state index in [9.17, 15) is 26.4 Å². The summed E-state index contributed by atoms with van der Waals surface area (Å²) in [5.74, 6) is 0. The zero-order valence-corrected chi connectivity index (χ0v) is 21.5. The maximum Gasteiger partial charge on any atom is 1.00 e. The Morgan fingerprint density at radius 1 is 1.06 bits per heavy atom. The molecule has 166 valence electrons. The predicted octanol–water partition coefficient (Wildman–Crippen LogP) is 0.930. The SMILES string of the molecule is O=C([N-]S(=O)(=O)C1CCN(CC(F)(F)F)CC1)Nc1c2c(cc3c1CCC3)CCC2.[K+]. The number of hydrogen-bond acceptors (Lipinski definition) is 4. The van der Waals surface area contributed by atoms with E-state index in [1.54, 1.807) is 0 Å². The number of carbonyl (C=O) groups excluding carboxylic acids is 1. The molecule has 6 nitrogen and oxygen atoms in total. The predicted molar refractivity (Wildman–Crippen MR) is 107 cm³/mol. The Morgan fingerprint density at radius 2 is 1.61 bits per heavy atom. The third kappa shape index (κ3) is 6.04. The summed E-state index contributed by atoms with van der Waals surface area (Å²) in [5.41, 5.74) is 5.31. The number of fused-ring (bicyclic) bond motifs is 2. The Morgan fingerprint density at radius 3 is 2.13 bits per heavy atom. The summed E-state index contributed by atoms with van der Waals surface area (Å²) < 4.78 is 66.1. The van der Waals surface area contributed by atoms with Crippen LogP contribution in [0.3, 0.4) is 0 Å². The molecule has 11 heteroatoms. The number of halogens is 3. The number of sulfonamides is 1. The van der Waals surface area contributed by atoms with Gasteiger partial charge in [0, 0.05) is 0 Å². The Labute approximate surface area is 223 Å². The van der Waals surface area contributed by atoms with Crippen LogP contribution in [0.25, 0.3) is 4.72 Å². The minimum atomic E-state index is -4.31. The van der Waals surface area contributed by atoms with Gasteiger partial charge in [-0.3, -0.25) is 9.69 Å². The molecule has 0 spiro atoms. The van der Waals surface area contributed by atoms with Crippen molar-refractivity contribution in [2.45, 2.75) is 62.8 Å². The van der Waals surface area contributed by atoms with Gasteiger partial charge in [-0.2, -0.15) is 13.2 Å². The van der Waals surface area contributed by atoms with Gasteiger partial charge in [-0.1, -0.05) is 6.07 Å². The number of hydrogen-bond donors (Lipinski definition) is 1. The first-order chi connectivity index (χ1) is 14.1. The number of aryl methyl sites for hydroxylation is 2. The van der Waals surface area contributed by atoms with Crippen LogP contribution in [0, 0.1) is 0 Å². The fourth-order valence-corrected chi connectivity index (χ4v) is 6.14. The van der Waals surface area contributed by atoms with E-state index in [-0.39, 0.29) is 77.3 Å². The molecule has 0 bridgehead atoms. The number of rotatable bonds is 4. The Hall–Kier alpha value is -0.174. The normalized spacial score (nSPS) is 19.5. The fraction of sp³-hybridized carbons (Fsp3) is 0.650. The molecule has 1 heterocycles. The Kier molecular flexibility index (Phi) is 8.20. The molecule has 1 aromatic carbocycles. The first kappa shape index (κ1) is 25.4. The average Bonchev–Trinajstić information content (AvgIpc) is 3.29. The van der Waals surface area contributed by atoms with Crippen LogP contribution in [0.5, 0.6) is 0 Å². The van der Waals surface area contributed by atoms with Gasteiger partial charge in [0.25, 0.3) is 0 Å². The molecule has 2 aliphatic carbocycles. The number of nitrogens with zero attached hydrogens (tertiary/aromatic N) is 2. The van der Waals surface area contributed by atoms with Crippen LogP contribution < -0.4 is 56.7 Å². The number of anilines is 1. The van der Waals surface area contributed by atoms with Gasteiger partial charge in [0.05, 0.1) is 11.8 Å². The molecule has 0 radical (unpaired) electrons. The van der Waals surface area contributed by atoms with Gasteiger partial charge < -0.3 is 10.0 Å². The second-order valence-corrected chi connectivity index (χ2v) is 10.2. The van der Waals surface area contributed by atoms with Crippen molar-refractivity contribution in [2.24, 2.45) is 0 Å². The molecule has 0 unspecified atom stereocenters. The molecule has 2 amide bonds. The molecule has 0 saturated carbocycles. The molecule has 1 fully saturated rings. The van der Waals surface area contributed by atoms with Crippen molar-refractivity contribution in [3.8, 4) is 0 Å². The number of benzene rings is 1. The number of alkyl halides is 3. The molecule has 1 N–H and O–H groups in total. The molecular formula is C20H25F3KN3O3S. The van der Waals surface area contributed by atoms with E-state index in [1.165, 1.54) is 16.0 Å².